The number of amides is 1. The van der Waals surface area contributed by atoms with Crippen molar-refractivity contribution in [3.05, 3.63) is 35.4 Å². The molecule has 31 heavy (non-hydrogen) atoms. The van der Waals surface area contributed by atoms with Gasteiger partial charge in [0.2, 0.25) is 5.91 Å². The fourth-order valence-electron chi connectivity index (χ4n) is 4.66. The normalized spacial score (nSPS) is 18.2. The second kappa shape index (κ2) is 13.3. The molecule has 3 rings (SSSR count). The summed E-state index contributed by atoms with van der Waals surface area (Å²) in [6.45, 7) is 6.91. The number of hydrogen-bond donors (Lipinski definition) is 2. The molecule has 0 atom stereocenters. The van der Waals surface area contributed by atoms with Gasteiger partial charge in [0, 0.05) is 46.3 Å². The van der Waals surface area contributed by atoms with Crippen LogP contribution in [0.25, 0.3) is 0 Å². The molecule has 0 aromatic heterocycles. The molecule has 1 saturated heterocycles. The van der Waals surface area contributed by atoms with Crippen LogP contribution in [0.5, 0.6) is 0 Å². The van der Waals surface area contributed by atoms with Crippen molar-refractivity contribution in [3.63, 3.8) is 0 Å². The molecule has 6 nitrogen and oxygen atoms in total. The van der Waals surface area contributed by atoms with E-state index in [4.69, 9.17) is 9.73 Å². The van der Waals surface area contributed by atoms with E-state index in [0.29, 0.717) is 24.9 Å². The fraction of sp³-hybridized carbons (Fsp3) is 0.667. The molecular weight excluding hydrogens is 503 g/mol. The number of likely N-dealkylation sites (tertiary alicyclic amines) is 1. The van der Waals surface area contributed by atoms with Gasteiger partial charge in [-0.25, -0.2) is 4.99 Å². The average molecular weight is 543 g/mol. The maximum Gasteiger partial charge on any atom is 0.222 e. The molecule has 1 heterocycles. The number of halogens is 1. The van der Waals surface area contributed by atoms with Crippen molar-refractivity contribution in [1.82, 2.24) is 15.5 Å². The van der Waals surface area contributed by atoms with E-state index in [1.54, 1.807) is 7.11 Å². The van der Waals surface area contributed by atoms with E-state index in [1.807, 2.05) is 4.90 Å². The highest BCUT2D eigenvalue weighted by molar-refractivity contribution is 14.0. The van der Waals surface area contributed by atoms with Gasteiger partial charge < -0.3 is 20.3 Å². The van der Waals surface area contributed by atoms with Gasteiger partial charge in [-0.3, -0.25) is 4.79 Å². The molecule has 0 spiro atoms. The predicted molar refractivity (Wildman–Crippen MR) is 137 cm³/mol. The Bertz CT molecular complexity index is 719. The van der Waals surface area contributed by atoms with Crippen LogP contribution in [0, 0.1) is 5.41 Å². The Kier molecular flexibility index (Phi) is 11.1. The topological polar surface area (TPSA) is 66.0 Å². The number of methoxy groups -OCH3 is 1. The molecule has 0 unspecified atom stereocenters. The number of aliphatic imine (C=N–C) groups is 1. The van der Waals surface area contributed by atoms with E-state index in [2.05, 4.69) is 41.8 Å². The zero-order chi connectivity index (χ0) is 21.2. The van der Waals surface area contributed by atoms with Crippen molar-refractivity contribution in [1.29, 1.82) is 0 Å². The highest BCUT2D eigenvalue weighted by Crippen LogP contribution is 2.40. The maximum absolute atomic E-state index is 11.9. The van der Waals surface area contributed by atoms with Crippen LogP contribution in [0.3, 0.4) is 0 Å². The van der Waals surface area contributed by atoms with E-state index < -0.39 is 0 Å². The summed E-state index contributed by atoms with van der Waals surface area (Å²) in [5.41, 5.74) is 2.68. The van der Waals surface area contributed by atoms with Crippen molar-refractivity contribution in [3.8, 4) is 0 Å². The Labute approximate surface area is 204 Å². The summed E-state index contributed by atoms with van der Waals surface area (Å²) in [6, 6.07) is 8.45. The lowest BCUT2D eigenvalue weighted by atomic mass is 9.83. The van der Waals surface area contributed by atoms with E-state index in [1.165, 1.54) is 36.8 Å². The van der Waals surface area contributed by atoms with Crippen LogP contribution in [-0.4, -0.2) is 50.1 Å². The summed E-state index contributed by atoms with van der Waals surface area (Å²) < 4.78 is 5.36. The molecule has 1 aliphatic carbocycles. The van der Waals surface area contributed by atoms with Crippen LogP contribution in [0.2, 0.25) is 0 Å². The van der Waals surface area contributed by atoms with Crippen molar-refractivity contribution in [2.24, 2.45) is 10.4 Å². The minimum absolute atomic E-state index is 0. The third kappa shape index (κ3) is 7.93. The highest BCUT2D eigenvalue weighted by atomic mass is 127. The molecule has 174 valence electrons. The second-order valence-electron chi connectivity index (χ2n) is 8.74. The predicted octanol–water partition coefficient (Wildman–Crippen LogP) is 4.08. The van der Waals surface area contributed by atoms with E-state index >= 15 is 0 Å². The van der Waals surface area contributed by atoms with Crippen LogP contribution in [0.4, 0.5) is 0 Å². The summed E-state index contributed by atoms with van der Waals surface area (Å²) in [5, 5.41) is 6.98. The molecule has 1 amide bonds. The SMILES string of the molecule is CCNC(=NCc1cccc(CN2CCCC2=O)c1)NCC1(CCOC)CCCC1.I. The zero-order valence-corrected chi connectivity index (χ0v) is 21.5. The van der Waals surface area contributed by atoms with E-state index in [9.17, 15) is 4.79 Å². The van der Waals surface area contributed by atoms with Crippen LogP contribution in [-0.2, 0) is 22.6 Å². The van der Waals surface area contributed by atoms with Gasteiger partial charge in [0.05, 0.1) is 6.54 Å². The van der Waals surface area contributed by atoms with Crippen LogP contribution < -0.4 is 10.6 Å². The third-order valence-electron chi connectivity index (χ3n) is 6.43. The van der Waals surface area contributed by atoms with Gasteiger partial charge in [0.15, 0.2) is 5.96 Å². The third-order valence-corrected chi connectivity index (χ3v) is 6.43. The van der Waals surface area contributed by atoms with E-state index in [-0.39, 0.29) is 29.9 Å². The molecular formula is C24H39IN4O2. The molecule has 7 heteroatoms. The van der Waals surface area contributed by atoms with Crippen molar-refractivity contribution < 1.29 is 9.53 Å². The Hall–Kier alpha value is -1.35. The standard InChI is InChI=1S/C24H38N4O2.HI/c1-3-25-23(27-19-24(13-15-30-2)11-4-5-12-24)26-17-20-8-6-9-21(16-20)18-28-14-7-10-22(28)29;/h6,8-9,16H,3-5,7,10-15,17-19H2,1-2H3,(H2,25,26,27);1H. The summed E-state index contributed by atoms with van der Waals surface area (Å²) in [6.07, 6.45) is 7.92. The minimum atomic E-state index is 0. The Morgan fingerprint density at radius 1 is 1.19 bits per heavy atom. The number of carbonyl (C=O) groups is 1. The van der Waals surface area contributed by atoms with Crippen molar-refractivity contribution in [2.75, 3.05) is 33.4 Å². The van der Waals surface area contributed by atoms with E-state index in [0.717, 1.165) is 45.0 Å². The molecule has 2 N–H and O–H groups in total. The Morgan fingerprint density at radius 2 is 1.97 bits per heavy atom. The average Bonchev–Trinajstić information content (AvgIpc) is 3.39. The van der Waals surface area contributed by atoms with Crippen LogP contribution >= 0.6 is 24.0 Å². The lowest BCUT2D eigenvalue weighted by Crippen LogP contribution is -2.43. The van der Waals surface area contributed by atoms with Crippen LogP contribution in [0.15, 0.2) is 29.3 Å². The molecule has 2 fully saturated rings. The molecule has 2 aliphatic rings. The number of nitrogens with one attached hydrogen (secondary N) is 2. The Balaban J connectivity index is 0.00000341. The van der Waals surface area contributed by atoms with Gasteiger partial charge in [-0.2, -0.15) is 0 Å². The number of rotatable bonds is 10. The summed E-state index contributed by atoms with van der Waals surface area (Å²) >= 11 is 0. The van der Waals surface area contributed by atoms with Gasteiger partial charge in [-0.05, 0) is 49.1 Å². The smallest absolute Gasteiger partial charge is 0.222 e. The monoisotopic (exact) mass is 542 g/mol. The molecule has 0 bridgehead atoms. The largest absolute Gasteiger partial charge is 0.385 e. The molecule has 1 saturated carbocycles. The first-order valence-electron chi connectivity index (χ1n) is 11.5. The zero-order valence-electron chi connectivity index (χ0n) is 19.1. The molecule has 0 radical (unpaired) electrons. The Morgan fingerprint density at radius 3 is 2.65 bits per heavy atom. The summed E-state index contributed by atoms with van der Waals surface area (Å²) in [4.78, 5) is 18.7. The lowest BCUT2D eigenvalue weighted by molar-refractivity contribution is -0.128. The number of benzene rings is 1. The summed E-state index contributed by atoms with van der Waals surface area (Å²) in [7, 11) is 1.79. The van der Waals surface area contributed by atoms with Gasteiger partial charge in [-0.1, -0.05) is 37.1 Å². The van der Waals surface area contributed by atoms with Crippen LogP contribution in [0.1, 0.15) is 63.0 Å². The second-order valence-corrected chi connectivity index (χ2v) is 8.74. The lowest BCUT2D eigenvalue weighted by Gasteiger charge is -2.30. The van der Waals surface area contributed by atoms with Gasteiger partial charge >= 0.3 is 0 Å². The number of guanidine groups is 1. The van der Waals surface area contributed by atoms with Gasteiger partial charge in [0.1, 0.15) is 0 Å². The first-order chi connectivity index (χ1) is 14.6. The minimum Gasteiger partial charge on any atom is -0.385 e. The first-order valence-corrected chi connectivity index (χ1v) is 11.5. The van der Waals surface area contributed by atoms with Gasteiger partial charge in [-0.15, -0.1) is 24.0 Å². The molecule has 1 aromatic rings. The fourth-order valence-corrected chi connectivity index (χ4v) is 4.66. The number of nitrogens with zero attached hydrogens (tertiary/aromatic N) is 2. The number of hydrogen-bond acceptors (Lipinski definition) is 3. The maximum atomic E-state index is 11.9. The molecule has 1 aromatic carbocycles. The van der Waals surface area contributed by atoms with Gasteiger partial charge in [0.25, 0.3) is 0 Å². The number of ether oxygens (including phenoxy) is 1. The molecule has 1 aliphatic heterocycles. The first kappa shape index (κ1) is 25.9. The quantitative estimate of drug-likeness (QED) is 0.266. The highest BCUT2D eigenvalue weighted by Gasteiger charge is 2.33. The van der Waals surface area contributed by atoms with Crippen molar-refractivity contribution >= 4 is 35.8 Å². The number of carbonyl (C=O) groups excluding carboxylic acids is 1. The van der Waals surface area contributed by atoms with Crippen molar-refractivity contribution in [2.45, 2.75) is 65.0 Å². The summed E-state index contributed by atoms with van der Waals surface area (Å²) in [5.74, 6) is 1.15.